The van der Waals surface area contributed by atoms with Crippen molar-refractivity contribution < 1.29 is 5.11 Å². The first-order valence-electron chi connectivity index (χ1n) is 6.64. The Morgan fingerprint density at radius 2 is 2.29 bits per heavy atom. The molecule has 2 fully saturated rings. The van der Waals surface area contributed by atoms with Gasteiger partial charge in [0.15, 0.2) is 0 Å². The van der Waals surface area contributed by atoms with Crippen LogP contribution in [-0.2, 0) is 12.1 Å². The van der Waals surface area contributed by atoms with Crippen LogP contribution in [0.5, 0.6) is 0 Å². The van der Waals surface area contributed by atoms with Crippen molar-refractivity contribution in [3.63, 3.8) is 0 Å². The van der Waals surface area contributed by atoms with Crippen LogP contribution in [0.25, 0.3) is 0 Å². The Kier molecular flexibility index (Phi) is 2.52. The van der Waals surface area contributed by atoms with Gasteiger partial charge < -0.3 is 9.67 Å². The van der Waals surface area contributed by atoms with Gasteiger partial charge in [0.1, 0.15) is 11.4 Å². The van der Waals surface area contributed by atoms with Gasteiger partial charge in [-0.1, -0.05) is 0 Å². The third-order valence-corrected chi connectivity index (χ3v) is 4.13. The van der Waals surface area contributed by atoms with Crippen molar-refractivity contribution >= 4 is 0 Å². The number of hydrogen-bond acceptors (Lipinski definition) is 3. The summed E-state index contributed by atoms with van der Waals surface area (Å²) in [6.07, 6.45) is 7.14. The molecule has 1 saturated carbocycles. The summed E-state index contributed by atoms with van der Waals surface area (Å²) in [4.78, 5) is 6.83. The summed E-state index contributed by atoms with van der Waals surface area (Å²) >= 11 is 0. The molecule has 17 heavy (non-hydrogen) atoms. The summed E-state index contributed by atoms with van der Waals surface area (Å²) in [5, 5.41) is 10.9. The number of rotatable bonds is 3. The molecule has 3 rings (SSSR count). The Labute approximate surface area is 102 Å². The van der Waals surface area contributed by atoms with Crippen molar-refractivity contribution in [3.8, 4) is 0 Å². The topological polar surface area (TPSA) is 41.3 Å². The number of β-amino-alcohol motifs (C(OH)–C–C–N with tert-alkyl or cyclic N) is 1. The summed E-state index contributed by atoms with van der Waals surface area (Å²) in [7, 11) is 0. The zero-order chi connectivity index (χ0) is 12.0. The van der Waals surface area contributed by atoms with Gasteiger partial charge in [0.05, 0.1) is 0 Å². The normalized spacial score (nSPS) is 34.4. The van der Waals surface area contributed by atoms with E-state index in [0.29, 0.717) is 12.1 Å². The second kappa shape index (κ2) is 3.82. The molecule has 1 aliphatic heterocycles. The minimum Gasteiger partial charge on any atom is -0.380 e. The van der Waals surface area contributed by atoms with E-state index in [1.807, 2.05) is 6.20 Å². The van der Waals surface area contributed by atoms with Crippen LogP contribution in [0.15, 0.2) is 12.4 Å². The fraction of sp³-hybridized carbons (Fsp3) is 0.769. The second-order valence-corrected chi connectivity index (χ2v) is 5.53. The molecule has 0 aromatic carbocycles. The Hall–Kier alpha value is -0.870. The lowest BCUT2D eigenvalue weighted by Crippen LogP contribution is -2.35. The van der Waals surface area contributed by atoms with E-state index < -0.39 is 5.60 Å². The van der Waals surface area contributed by atoms with Gasteiger partial charge in [0.25, 0.3) is 0 Å². The van der Waals surface area contributed by atoms with Gasteiger partial charge in [-0.15, -0.1) is 0 Å². The highest BCUT2D eigenvalue weighted by Crippen LogP contribution is 2.41. The van der Waals surface area contributed by atoms with Gasteiger partial charge in [-0.25, -0.2) is 4.98 Å². The van der Waals surface area contributed by atoms with Crippen LogP contribution in [-0.4, -0.2) is 38.2 Å². The largest absolute Gasteiger partial charge is 0.380 e. The molecule has 1 saturated heterocycles. The maximum Gasteiger partial charge on any atom is 0.142 e. The van der Waals surface area contributed by atoms with E-state index in [9.17, 15) is 5.11 Å². The third-order valence-electron chi connectivity index (χ3n) is 4.13. The molecule has 0 radical (unpaired) electrons. The highest BCUT2D eigenvalue weighted by atomic mass is 16.3. The smallest absolute Gasteiger partial charge is 0.142 e. The number of likely N-dealkylation sites (tertiary alicyclic amines) is 1. The summed E-state index contributed by atoms with van der Waals surface area (Å²) < 4.78 is 2.06. The number of aliphatic hydroxyl groups is 1. The number of hydrogen-bond donors (Lipinski definition) is 1. The van der Waals surface area contributed by atoms with Crippen LogP contribution in [0.3, 0.4) is 0 Å². The maximum absolute atomic E-state index is 10.9. The van der Waals surface area contributed by atoms with Gasteiger partial charge >= 0.3 is 0 Å². The molecule has 0 spiro atoms. The van der Waals surface area contributed by atoms with Crippen LogP contribution < -0.4 is 0 Å². The fourth-order valence-corrected chi connectivity index (χ4v) is 3.16. The Morgan fingerprint density at radius 3 is 2.94 bits per heavy atom. The molecule has 1 aliphatic carbocycles. The SMILES string of the molecule is CCn1ccnc1C1(O)CC(C)N(C2CC2)C1. The molecular formula is C13H21N3O. The van der Waals surface area contributed by atoms with Crippen LogP contribution in [0.4, 0.5) is 0 Å². The summed E-state index contributed by atoms with van der Waals surface area (Å²) in [5.41, 5.74) is -0.748. The van der Waals surface area contributed by atoms with E-state index >= 15 is 0 Å². The van der Waals surface area contributed by atoms with Gasteiger partial charge in [-0.3, -0.25) is 4.90 Å². The minimum absolute atomic E-state index is 0.467. The lowest BCUT2D eigenvalue weighted by molar-refractivity contribution is 0.0328. The molecule has 0 amide bonds. The Balaban J connectivity index is 1.87. The van der Waals surface area contributed by atoms with Crippen LogP contribution in [0, 0.1) is 0 Å². The molecule has 4 nitrogen and oxygen atoms in total. The summed E-state index contributed by atoms with van der Waals surface area (Å²) in [5.74, 6) is 0.843. The molecule has 1 aromatic heterocycles. The van der Waals surface area contributed by atoms with Crippen molar-refractivity contribution in [2.24, 2.45) is 0 Å². The van der Waals surface area contributed by atoms with Gasteiger partial charge in [0.2, 0.25) is 0 Å². The van der Waals surface area contributed by atoms with E-state index in [-0.39, 0.29) is 0 Å². The maximum atomic E-state index is 10.9. The summed E-state index contributed by atoms with van der Waals surface area (Å²) in [6.45, 7) is 5.92. The third kappa shape index (κ3) is 1.79. The highest BCUT2D eigenvalue weighted by molar-refractivity contribution is 5.12. The molecule has 1 aromatic rings. The molecule has 2 aliphatic rings. The van der Waals surface area contributed by atoms with E-state index in [4.69, 9.17) is 0 Å². The first kappa shape index (κ1) is 11.2. The fourth-order valence-electron chi connectivity index (χ4n) is 3.16. The number of aromatic nitrogens is 2. The molecule has 94 valence electrons. The number of aryl methyl sites for hydroxylation is 1. The Bertz CT molecular complexity index is 413. The van der Waals surface area contributed by atoms with E-state index in [0.717, 1.165) is 25.3 Å². The van der Waals surface area contributed by atoms with Crippen molar-refractivity contribution in [2.75, 3.05) is 6.54 Å². The number of nitrogens with zero attached hydrogens (tertiary/aromatic N) is 3. The number of imidazole rings is 1. The monoisotopic (exact) mass is 235 g/mol. The minimum atomic E-state index is -0.748. The van der Waals surface area contributed by atoms with Crippen LogP contribution in [0.2, 0.25) is 0 Å². The predicted octanol–water partition coefficient (Wildman–Crippen LogP) is 1.35. The van der Waals surface area contributed by atoms with E-state index in [1.165, 1.54) is 12.8 Å². The quantitative estimate of drug-likeness (QED) is 0.859. The van der Waals surface area contributed by atoms with E-state index in [2.05, 4.69) is 28.3 Å². The summed E-state index contributed by atoms with van der Waals surface area (Å²) in [6, 6.07) is 1.18. The zero-order valence-corrected chi connectivity index (χ0v) is 10.6. The van der Waals surface area contributed by atoms with Crippen molar-refractivity contribution in [3.05, 3.63) is 18.2 Å². The standard InChI is InChI=1S/C13H21N3O/c1-3-15-7-6-14-12(15)13(17)8-10(2)16(9-13)11-4-5-11/h6-7,10-11,17H,3-5,8-9H2,1-2H3. The predicted molar refractivity (Wildman–Crippen MR) is 65.6 cm³/mol. The van der Waals surface area contributed by atoms with Gasteiger partial charge in [-0.05, 0) is 33.1 Å². The van der Waals surface area contributed by atoms with Crippen molar-refractivity contribution in [1.29, 1.82) is 0 Å². The molecular weight excluding hydrogens is 214 g/mol. The molecule has 4 heteroatoms. The average molecular weight is 235 g/mol. The molecule has 2 atom stereocenters. The second-order valence-electron chi connectivity index (χ2n) is 5.53. The molecule has 1 N–H and O–H groups in total. The van der Waals surface area contributed by atoms with E-state index in [1.54, 1.807) is 6.20 Å². The van der Waals surface area contributed by atoms with Crippen LogP contribution >= 0.6 is 0 Å². The highest BCUT2D eigenvalue weighted by Gasteiger charge is 2.48. The lowest BCUT2D eigenvalue weighted by Gasteiger charge is -2.23. The average Bonchev–Trinajstić information content (AvgIpc) is 2.92. The first-order valence-corrected chi connectivity index (χ1v) is 6.64. The molecule has 0 bridgehead atoms. The lowest BCUT2D eigenvalue weighted by atomic mass is 10.00. The van der Waals surface area contributed by atoms with Crippen molar-refractivity contribution in [1.82, 2.24) is 14.5 Å². The molecule has 2 heterocycles. The molecule has 2 unspecified atom stereocenters. The Morgan fingerprint density at radius 1 is 1.53 bits per heavy atom. The van der Waals surface area contributed by atoms with Crippen LogP contribution in [0.1, 0.15) is 38.9 Å². The zero-order valence-electron chi connectivity index (χ0n) is 10.6. The van der Waals surface area contributed by atoms with Gasteiger partial charge in [-0.2, -0.15) is 0 Å². The van der Waals surface area contributed by atoms with Gasteiger partial charge in [0, 0.05) is 37.6 Å². The van der Waals surface area contributed by atoms with Crippen molar-refractivity contribution in [2.45, 2.75) is 57.3 Å². The first-order chi connectivity index (χ1) is 8.14.